The van der Waals surface area contributed by atoms with Gasteiger partial charge >= 0.3 is 0 Å². The molecule has 0 aliphatic carbocycles. The van der Waals surface area contributed by atoms with Crippen molar-refractivity contribution in [1.29, 1.82) is 0 Å². The highest BCUT2D eigenvalue weighted by Gasteiger charge is 2.14. The van der Waals surface area contributed by atoms with Crippen molar-refractivity contribution in [2.24, 2.45) is 0 Å². The van der Waals surface area contributed by atoms with Crippen molar-refractivity contribution in [3.05, 3.63) is 50.4 Å². The number of amides is 1. The van der Waals surface area contributed by atoms with Crippen LogP contribution in [0.25, 0.3) is 0 Å². The molecule has 19 heavy (non-hydrogen) atoms. The largest absolute Gasteiger partial charge is 0.386 e. The van der Waals surface area contributed by atoms with Crippen molar-refractivity contribution < 1.29 is 9.90 Å². The molecule has 100 valence electrons. The highest BCUT2D eigenvalue weighted by Crippen LogP contribution is 2.23. The first-order chi connectivity index (χ1) is 9.08. The van der Waals surface area contributed by atoms with E-state index in [4.69, 9.17) is 0 Å². The van der Waals surface area contributed by atoms with E-state index in [-0.39, 0.29) is 12.5 Å². The topological polar surface area (TPSA) is 62.2 Å². The number of thiophene rings is 1. The smallest absolute Gasteiger partial charge is 0.252 e. The SMILES string of the molecule is Cc1ccsc1[C@@H](O)CNC(=O)c1cncc(Br)c1. The minimum absolute atomic E-state index is 0.187. The van der Waals surface area contributed by atoms with Crippen LogP contribution in [-0.2, 0) is 0 Å². The van der Waals surface area contributed by atoms with E-state index in [0.717, 1.165) is 14.9 Å². The number of hydrogen-bond donors (Lipinski definition) is 2. The Bertz CT molecular complexity index is 586. The lowest BCUT2D eigenvalue weighted by atomic mass is 10.2. The predicted molar refractivity (Wildman–Crippen MR) is 78.3 cm³/mol. The van der Waals surface area contributed by atoms with Crippen molar-refractivity contribution >= 4 is 33.2 Å². The lowest BCUT2D eigenvalue weighted by Crippen LogP contribution is -2.28. The minimum atomic E-state index is -0.677. The summed E-state index contributed by atoms with van der Waals surface area (Å²) in [4.78, 5) is 16.7. The molecule has 0 aliphatic heterocycles. The molecule has 0 aliphatic rings. The number of carbonyl (C=O) groups excluding carboxylic acids is 1. The molecule has 2 aromatic heterocycles. The quantitative estimate of drug-likeness (QED) is 0.899. The summed E-state index contributed by atoms with van der Waals surface area (Å²) in [5, 5.41) is 14.6. The standard InChI is InChI=1S/C13H13BrN2O2S/c1-8-2-3-19-12(8)11(17)7-16-13(18)9-4-10(14)6-15-5-9/h2-6,11,17H,7H2,1H3,(H,16,18)/t11-/m0/s1. The van der Waals surface area contributed by atoms with Crippen LogP contribution in [0.2, 0.25) is 0 Å². The maximum absolute atomic E-state index is 11.9. The molecule has 2 heterocycles. The van der Waals surface area contributed by atoms with E-state index in [0.29, 0.717) is 5.56 Å². The number of carbonyl (C=O) groups is 1. The first-order valence-corrected chi connectivity index (χ1v) is 7.36. The van der Waals surface area contributed by atoms with Gasteiger partial charge in [-0.15, -0.1) is 11.3 Å². The molecule has 2 rings (SSSR count). The van der Waals surface area contributed by atoms with Gasteiger partial charge in [0.05, 0.1) is 5.56 Å². The summed E-state index contributed by atoms with van der Waals surface area (Å²) in [5.41, 5.74) is 1.50. The Morgan fingerprint density at radius 3 is 3.00 bits per heavy atom. The second kappa shape index (κ2) is 6.27. The molecule has 2 N–H and O–H groups in total. The second-order valence-corrected chi connectivity index (χ2v) is 5.95. The number of rotatable bonds is 4. The van der Waals surface area contributed by atoms with Crippen LogP contribution < -0.4 is 5.32 Å². The molecule has 1 amide bonds. The summed E-state index contributed by atoms with van der Waals surface area (Å²) in [6.07, 6.45) is 2.42. The van der Waals surface area contributed by atoms with Gasteiger partial charge in [0.1, 0.15) is 6.10 Å². The fourth-order valence-corrected chi connectivity index (χ4v) is 2.92. The van der Waals surface area contributed by atoms with Crippen molar-refractivity contribution in [2.75, 3.05) is 6.54 Å². The average molecular weight is 341 g/mol. The molecular weight excluding hydrogens is 328 g/mol. The zero-order chi connectivity index (χ0) is 13.8. The molecule has 0 bridgehead atoms. The molecule has 6 heteroatoms. The van der Waals surface area contributed by atoms with E-state index in [2.05, 4.69) is 26.2 Å². The lowest BCUT2D eigenvalue weighted by Gasteiger charge is -2.11. The van der Waals surface area contributed by atoms with E-state index >= 15 is 0 Å². The zero-order valence-corrected chi connectivity index (χ0v) is 12.7. The van der Waals surface area contributed by atoms with Crippen LogP contribution >= 0.6 is 27.3 Å². The van der Waals surface area contributed by atoms with Gasteiger partial charge in [-0.3, -0.25) is 9.78 Å². The first kappa shape index (κ1) is 14.2. The number of aliphatic hydroxyl groups is 1. The Hall–Kier alpha value is -1.24. The Balaban J connectivity index is 1.96. The number of nitrogens with one attached hydrogen (secondary N) is 1. The summed E-state index contributed by atoms with van der Waals surface area (Å²) in [7, 11) is 0. The van der Waals surface area contributed by atoms with E-state index in [1.807, 2.05) is 18.4 Å². The fraction of sp³-hybridized carbons (Fsp3) is 0.231. The molecule has 1 atom stereocenters. The number of aliphatic hydroxyl groups excluding tert-OH is 1. The Morgan fingerprint density at radius 2 is 2.37 bits per heavy atom. The van der Waals surface area contributed by atoms with Crippen LogP contribution in [0.5, 0.6) is 0 Å². The molecule has 0 unspecified atom stereocenters. The van der Waals surface area contributed by atoms with Crippen molar-refractivity contribution in [3.8, 4) is 0 Å². The molecule has 0 fully saturated rings. The third kappa shape index (κ3) is 3.62. The van der Waals surface area contributed by atoms with E-state index < -0.39 is 6.10 Å². The fourth-order valence-electron chi connectivity index (χ4n) is 1.65. The van der Waals surface area contributed by atoms with E-state index in [9.17, 15) is 9.90 Å². The third-order valence-electron chi connectivity index (χ3n) is 2.63. The minimum Gasteiger partial charge on any atom is -0.386 e. The molecule has 4 nitrogen and oxygen atoms in total. The number of halogens is 1. The zero-order valence-electron chi connectivity index (χ0n) is 10.3. The average Bonchev–Trinajstić information content (AvgIpc) is 2.82. The van der Waals surface area contributed by atoms with E-state index in [1.165, 1.54) is 17.5 Å². The summed E-state index contributed by atoms with van der Waals surface area (Å²) in [6.45, 7) is 2.13. The second-order valence-electron chi connectivity index (χ2n) is 4.09. The molecule has 0 spiro atoms. The van der Waals surface area contributed by atoms with Crippen molar-refractivity contribution in [3.63, 3.8) is 0 Å². The molecule has 0 saturated carbocycles. The number of hydrogen-bond acceptors (Lipinski definition) is 4. The third-order valence-corrected chi connectivity index (χ3v) is 4.18. The van der Waals surface area contributed by atoms with Gasteiger partial charge in [-0.25, -0.2) is 0 Å². The highest BCUT2D eigenvalue weighted by molar-refractivity contribution is 9.10. The molecule has 0 aromatic carbocycles. The molecular formula is C13H13BrN2O2S. The number of pyridine rings is 1. The van der Waals surface area contributed by atoms with Crippen molar-refractivity contribution in [1.82, 2.24) is 10.3 Å². The van der Waals surface area contributed by atoms with Gasteiger partial charge in [0.25, 0.3) is 5.91 Å². The Labute approximate surface area is 123 Å². The van der Waals surface area contributed by atoms with Gasteiger partial charge in [0.2, 0.25) is 0 Å². The predicted octanol–water partition coefficient (Wildman–Crippen LogP) is 2.68. The number of aromatic nitrogens is 1. The van der Waals surface area contributed by atoms with Crippen LogP contribution in [-0.4, -0.2) is 22.5 Å². The van der Waals surface area contributed by atoms with Gasteiger partial charge in [0, 0.05) is 28.3 Å². The number of nitrogens with zero attached hydrogens (tertiary/aromatic N) is 1. The van der Waals surface area contributed by atoms with E-state index in [1.54, 1.807) is 12.3 Å². The van der Waals surface area contributed by atoms with Gasteiger partial charge in [0.15, 0.2) is 0 Å². The molecule has 2 aromatic rings. The van der Waals surface area contributed by atoms with Crippen LogP contribution in [0.15, 0.2) is 34.4 Å². The summed E-state index contributed by atoms with van der Waals surface area (Å²) < 4.78 is 0.745. The van der Waals surface area contributed by atoms with Crippen LogP contribution in [0.1, 0.15) is 26.9 Å². The highest BCUT2D eigenvalue weighted by atomic mass is 79.9. The summed E-state index contributed by atoms with van der Waals surface area (Å²) in [6, 6.07) is 3.63. The lowest BCUT2D eigenvalue weighted by molar-refractivity contribution is 0.0917. The van der Waals surface area contributed by atoms with Crippen LogP contribution in [0.3, 0.4) is 0 Å². The van der Waals surface area contributed by atoms with Gasteiger partial charge in [-0.2, -0.15) is 0 Å². The summed E-state index contributed by atoms with van der Waals surface area (Å²) in [5.74, 6) is -0.248. The van der Waals surface area contributed by atoms with Crippen molar-refractivity contribution in [2.45, 2.75) is 13.0 Å². The number of aryl methyl sites for hydroxylation is 1. The first-order valence-electron chi connectivity index (χ1n) is 5.68. The van der Waals surface area contributed by atoms with Gasteiger partial charge in [-0.1, -0.05) is 0 Å². The molecule has 0 saturated heterocycles. The maximum Gasteiger partial charge on any atom is 0.252 e. The van der Waals surface area contributed by atoms with Crippen LogP contribution in [0, 0.1) is 6.92 Å². The Morgan fingerprint density at radius 1 is 1.58 bits per heavy atom. The summed E-state index contributed by atoms with van der Waals surface area (Å²) >= 11 is 4.75. The molecule has 0 radical (unpaired) electrons. The van der Waals surface area contributed by atoms with Gasteiger partial charge < -0.3 is 10.4 Å². The van der Waals surface area contributed by atoms with Crippen LogP contribution in [0.4, 0.5) is 0 Å². The monoisotopic (exact) mass is 340 g/mol. The normalized spacial score (nSPS) is 12.2. The van der Waals surface area contributed by atoms with Gasteiger partial charge in [-0.05, 0) is 45.9 Å². The Kier molecular flexibility index (Phi) is 4.68. The maximum atomic E-state index is 11.9.